The Kier molecular flexibility index (Phi) is 3.96. The Morgan fingerprint density at radius 2 is 0.970 bits per heavy atom. The van der Waals surface area contributed by atoms with Crippen LogP contribution in [0.15, 0.2) is 133 Å². The molecule has 0 N–H and O–H groups in total. The largest absolute Gasteiger partial charge is 0.180 e. The van der Waals surface area contributed by atoms with E-state index in [9.17, 15) is 0 Å². The average molecular weight is 435 g/mol. The van der Waals surface area contributed by atoms with Crippen molar-refractivity contribution in [3.05, 3.63) is 133 Å². The summed E-state index contributed by atoms with van der Waals surface area (Å²) < 4.78 is 0. The van der Waals surface area contributed by atoms with E-state index in [2.05, 4.69) is 133 Å². The monoisotopic (exact) mass is 434 g/mol. The van der Waals surface area contributed by atoms with E-state index >= 15 is 0 Å². The molecule has 1 heteroatoms. The normalized spacial score (nSPS) is 13.7. The predicted octanol–water partition coefficient (Wildman–Crippen LogP) is 5.35. The Balaban J connectivity index is 1.68. The molecule has 0 nitrogen and oxygen atoms in total. The fraction of sp³-hybridized carbons (Fsp3) is 0. The topological polar surface area (TPSA) is 0 Å². The molecule has 0 saturated heterocycles. The van der Waals surface area contributed by atoms with Crippen LogP contribution < -0.4 is 20.7 Å². The molecule has 0 bridgehead atoms. The molecule has 0 radical (unpaired) electrons. The van der Waals surface area contributed by atoms with Gasteiger partial charge in [0.2, 0.25) is 0 Å². The smallest absolute Gasteiger partial charge is 0.0623 e. The van der Waals surface area contributed by atoms with Crippen LogP contribution in [0.1, 0.15) is 0 Å². The highest BCUT2D eigenvalue weighted by Crippen LogP contribution is 2.34. The molecular weight excluding hydrogens is 412 g/mol. The van der Waals surface area contributed by atoms with Crippen LogP contribution >= 0.6 is 0 Å². The van der Waals surface area contributed by atoms with Crippen molar-refractivity contribution in [1.82, 2.24) is 0 Å². The summed E-state index contributed by atoms with van der Waals surface area (Å²) in [6, 6.07) is 49.8. The highest BCUT2D eigenvalue weighted by atomic mass is 28.3. The van der Waals surface area contributed by atoms with E-state index in [0.29, 0.717) is 0 Å². The van der Waals surface area contributed by atoms with E-state index < -0.39 is 8.07 Å². The van der Waals surface area contributed by atoms with Gasteiger partial charge in [0.15, 0.2) is 8.07 Å². The first-order chi connectivity index (χ1) is 16.4. The van der Waals surface area contributed by atoms with Gasteiger partial charge in [-0.3, -0.25) is 0 Å². The van der Waals surface area contributed by atoms with Crippen molar-refractivity contribution in [2.24, 2.45) is 0 Å². The van der Waals surface area contributed by atoms with Crippen molar-refractivity contribution < 1.29 is 0 Å². The van der Waals surface area contributed by atoms with Crippen molar-refractivity contribution in [2.75, 3.05) is 0 Å². The second-order valence-corrected chi connectivity index (χ2v) is 12.7. The minimum atomic E-state index is -2.41. The molecule has 0 saturated carbocycles. The second-order valence-electron chi connectivity index (χ2n) is 8.93. The summed E-state index contributed by atoms with van der Waals surface area (Å²) in [5.74, 6) is 0. The molecular formula is C32H22Si. The summed E-state index contributed by atoms with van der Waals surface area (Å²) in [4.78, 5) is 0. The lowest BCUT2D eigenvalue weighted by Crippen LogP contribution is -2.72. The molecule has 6 aromatic carbocycles. The zero-order chi connectivity index (χ0) is 21.8. The number of hydrogen-bond acceptors (Lipinski definition) is 0. The van der Waals surface area contributed by atoms with E-state index in [1.807, 2.05) is 0 Å². The summed E-state index contributed by atoms with van der Waals surface area (Å²) in [5, 5.41) is 11.2. The maximum absolute atomic E-state index is 2.50. The lowest BCUT2D eigenvalue weighted by Gasteiger charge is -2.31. The third kappa shape index (κ3) is 2.51. The van der Waals surface area contributed by atoms with Crippen LogP contribution in [-0.4, -0.2) is 8.07 Å². The minimum Gasteiger partial charge on any atom is -0.0623 e. The summed E-state index contributed by atoms with van der Waals surface area (Å²) in [6.07, 6.45) is 0. The first kappa shape index (κ1) is 18.6. The fourth-order valence-corrected chi connectivity index (χ4v) is 11.1. The van der Waals surface area contributed by atoms with Crippen LogP contribution in [0.4, 0.5) is 0 Å². The van der Waals surface area contributed by atoms with Crippen LogP contribution in [0.25, 0.3) is 32.7 Å². The van der Waals surface area contributed by atoms with Gasteiger partial charge in [0.05, 0.1) is 0 Å². The summed E-state index contributed by atoms with van der Waals surface area (Å²) >= 11 is 0. The van der Waals surface area contributed by atoms with Gasteiger partial charge in [0.1, 0.15) is 0 Å². The molecule has 6 aromatic rings. The first-order valence-corrected chi connectivity index (χ1v) is 13.5. The molecule has 1 aliphatic heterocycles. The van der Waals surface area contributed by atoms with E-state index in [1.165, 1.54) is 53.4 Å². The maximum atomic E-state index is 2.50. The molecule has 0 aliphatic carbocycles. The van der Waals surface area contributed by atoms with Gasteiger partial charge in [-0.2, -0.15) is 0 Å². The van der Waals surface area contributed by atoms with Gasteiger partial charge < -0.3 is 0 Å². The van der Waals surface area contributed by atoms with Gasteiger partial charge in [-0.15, -0.1) is 0 Å². The molecule has 0 unspecified atom stereocenters. The van der Waals surface area contributed by atoms with Crippen LogP contribution in [-0.2, 0) is 0 Å². The Bertz CT molecular complexity index is 1610. The first-order valence-electron chi connectivity index (χ1n) is 11.5. The zero-order valence-corrected chi connectivity index (χ0v) is 19.2. The lowest BCUT2D eigenvalue weighted by atomic mass is 9.97. The molecule has 0 spiro atoms. The van der Waals surface area contributed by atoms with Crippen molar-refractivity contribution in [3.63, 3.8) is 0 Å². The lowest BCUT2D eigenvalue weighted by molar-refractivity contribution is 1.70. The summed E-state index contributed by atoms with van der Waals surface area (Å²) in [5.41, 5.74) is 2.79. The minimum absolute atomic E-state index is 1.30. The van der Waals surface area contributed by atoms with Crippen LogP contribution in [0.2, 0.25) is 0 Å². The van der Waals surface area contributed by atoms with Crippen LogP contribution in [0.5, 0.6) is 0 Å². The molecule has 7 rings (SSSR count). The molecule has 0 fully saturated rings. The Hall–Kier alpha value is -3.94. The van der Waals surface area contributed by atoms with E-state index in [1.54, 1.807) is 0 Å². The third-order valence-electron chi connectivity index (χ3n) is 7.32. The Morgan fingerprint density at radius 1 is 0.364 bits per heavy atom. The standard InChI is InChI=1S/C32H22Si/c1-3-12-25(13-4-1)33(26-14-5-2-6-15-26)31-18-10-9-17-28(31)30-22-29-24(21-32(30)33)20-19-23-11-7-8-16-27(23)29/h1-22H. The number of fused-ring (bicyclic) bond motifs is 6. The molecule has 0 amide bonds. The molecule has 0 aromatic heterocycles. The van der Waals surface area contributed by atoms with E-state index in [4.69, 9.17) is 0 Å². The van der Waals surface area contributed by atoms with Gasteiger partial charge in [-0.1, -0.05) is 127 Å². The Morgan fingerprint density at radius 3 is 1.73 bits per heavy atom. The Labute approximate surface area is 194 Å². The van der Waals surface area contributed by atoms with Crippen molar-refractivity contribution >= 4 is 50.4 Å². The maximum Gasteiger partial charge on any atom is 0.180 e. The van der Waals surface area contributed by atoms with Crippen LogP contribution in [0.3, 0.4) is 0 Å². The molecule has 33 heavy (non-hydrogen) atoms. The number of benzene rings is 6. The SMILES string of the molecule is c1ccc([Si]2(c3ccccc3)c3ccccc3-c3cc4c(ccc5ccccc54)cc32)cc1. The molecule has 0 atom stereocenters. The quantitative estimate of drug-likeness (QED) is 0.254. The molecule has 1 aliphatic rings. The predicted molar refractivity (Wildman–Crippen MR) is 144 cm³/mol. The van der Waals surface area contributed by atoms with Gasteiger partial charge in [-0.05, 0) is 59.5 Å². The second kappa shape index (κ2) is 7.03. The zero-order valence-electron chi connectivity index (χ0n) is 18.2. The van der Waals surface area contributed by atoms with E-state index in [-0.39, 0.29) is 0 Å². The molecule has 1 heterocycles. The molecule has 154 valence electrons. The number of hydrogen-bond donors (Lipinski definition) is 0. The number of rotatable bonds is 2. The van der Waals surface area contributed by atoms with E-state index in [0.717, 1.165) is 0 Å². The highest BCUT2D eigenvalue weighted by Gasteiger charge is 2.48. The van der Waals surface area contributed by atoms with Crippen molar-refractivity contribution in [2.45, 2.75) is 0 Å². The average Bonchev–Trinajstić information content (AvgIpc) is 3.19. The van der Waals surface area contributed by atoms with Gasteiger partial charge >= 0.3 is 0 Å². The van der Waals surface area contributed by atoms with Crippen LogP contribution in [0, 0.1) is 0 Å². The summed E-state index contributed by atoms with van der Waals surface area (Å²) in [7, 11) is -2.41. The third-order valence-corrected chi connectivity index (χ3v) is 12.2. The van der Waals surface area contributed by atoms with Crippen molar-refractivity contribution in [3.8, 4) is 11.1 Å². The van der Waals surface area contributed by atoms with Gasteiger partial charge in [0, 0.05) is 0 Å². The summed E-state index contributed by atoms with van der Waals surface area (Å²) in [6.45, 7) is 0. The van der Waals surface area contributed by atoms with Crippen molar-refractivity contribution in [1.29, 1.82) is 0 Å². The fourth-order valence-electron chi connectivity index (χ4n) is 5.94. The van der Waals surface area contributed by atoms with Gasteiger partial charge in [0.25, 0.3) is 0 Å². The van der Waals surface area contributed by atoms with Gasteiger partial charge in [-0.25, -0.2) is 0 Å². The highest BCUT2D eigenvalue weighted by molar-refractivity contribution is 7.22.